The summed E-state index contributed by atoms with van der Waals surface area (Å²) in [4.78, 5) is 0. The van der Waals surface area contributed by atoms with Crippen molar-refractivity contribution in [2.75, 3.05) is 6.61 Å². The molecule has 1 aromatic heterocycles. The van der Waals surface area contributed by atoms with Crippen molar-refractivity contribution in [3.63, 3.8) is 0 Å². The average molecular weight is 235 g/mol. The summed E-state index contributed by atoms with van der Waals surface area (Å²) in [5.74, 6) is 2.31. The van der Waals surface area contributed by atoms with E-state index in [2.05, 4.69) is 21.7 Å². The van der Waals surface area contributed by atoms with E-state index in [1.54, 1.807) is 0 Å². The van der Waals surface area contributed by atoms with Crippen molar-refractivity contribution < 1.29 is 4.74 Å². The molecule has 1 saturated heterocycles. The van der Waals surface area contributed by atoms with E-state index in [9.17, 15) is 0 Å². The predicted octanol–water partition coefficient (Wildman–Crippen LogP) is 2.29. The van der Waals surface area contributed by atoms with Crippen LogP contribution < -0.4 is 0 Å². The van der Waals surface area contributed by atoms with Gasteiger partial charge in [0.15, 0.2) is 0 Å². The molecule has 1 aromatic rings. The maximum Gasteiger partial charge on any atom is 0.135 e. The Kier molecular flexibility index (Phi) is 3.14. The first-order chi connectivity index (χ1) is 8.34. The zero-order chi connectivity index (χ0) is 11.7. The Morgan fingerprint density at radius 1 is 1.24 bits per heavy atom. The molecular formula is C13H21N3O. The Morgan fingerprint density at radius 3 is 3.00 bits per heavy atom. The normalized spacial score (nSPS) is 29.0. The van der Waals surface area contributed by atoms with Crippen LogP contribution in [0.5, 0.6) is 0 Å². The molecule has 2 atom stereocenters. The van der Waals surface area contributed by atoms with Gasteiger partial charge >= 0.3 is 0 Å². The van der Waals surface area contributed by atoms with Crippen molar-refractivity contribution in [1.29, 1.82) is 0 Å². The zero-order valence-corrected chi connectivity index (χ0v) is 10.6. The lowest BCUT2D eigenvalue weighted by Gasteiger charge is -2.25. The molecule has 2 unspecified atom stereocenters. The minimum atomic E-state index is 0.367. The molecule has 4 heteroatoms. The molecule has 2 aliphatic heterocycles. The smallest absolute Gasteiger partial charge is 0.135 e. The first-order valence-corrected chi connectivity index (χ1v) is 6.89. The number of aromatic nitrogens is 3. The molecule has 3 heterocycles. The van der Waals surface area contributed by atoms with Crippen molar-refractivity contribution in [3.05, 3.63) is 11.6 Å². The lowest BCUT2D eigenvalue weighted by Crippen LogP contribution is -2.25. The standard InChI is InChI=1S/C13H21N3O/c1-10-5-4-7-12-14-15-13(16(10)12)9-11-6-2-3-8-17-11/h10-11H,2-9H2,1H3. The molecule has 0 aromatic carbocycles. The highest BCUT2D eigenvalue weighted by atomic mass is 16.5. The maximum atomic E-state index is 5.80. The largest absolute Gasteiger partial charge is 0.378 e. The van der Waals surface area contributed by atoms with Gasteiger partial charge in [-0.1, -0.05) is 0 Å². The van der Waals surface area contributed by atoms with E-state index in [4.69, 9.17) is 4.74 Å². The Balaban J connectivity index is 1.76. The molecule has 0 radical (unpaired) electrons. The molecule has 0 amide bonds. The van der Waals surface area contributed by atoms with Gasteiger partial charge in [0.05, 0.1) is 6.10 Å². The molecule has 0 spiro atoms. The molecule has 0 bridgehead atoms. The van der Waals surface area contributed by atoms with Gasteiger partial charge in [0.25, 0.3) is 0 Å². The van der Waals surface area contributed by atoms with Gasteiger partial charge < -0.3 is 9.30 Å². The summed E-state index contributed by atoms with van der Waals surface area (Å²) >= 11 is 0. The van der Waals surface area contributed by atoms with Crippen LogP contribution in [0.1, 0.15) is 56.7 Å². The van der Waals surface area contributed by atoms with Crippen LogP contribution in [0.15, 0.2) is 0 Å². The highest BCUT2D eigenvalue weighted by molar-refractivity contribution is 5.03. The predicted molar refractivity (Wildman–Crippen MR) is 65.0 cm³/mol. The van der Waals surface area contributed by atoms with Crippen LogP contribution >= 0.6 is 0 Å². The second-order valence-electron chi connectivity index (χ2n) is 5.34. The Bertz CT molecular complexity index is 382. The highest BCUT2D eigenvalue weighted by Crippen LogP contribution is 2.26. The summed E-state index contributed by atoms with van der Waals surface area (Å²) in [7, 11) is 0. The molecular weight excluding hydrogens is 214 g/mol. The molecule has 1 fully saturated rings. The molecule has 94 valence electrons. The fourth-order valence-corrected chi connectivity index (χ4v) is 3.04. The van der Waals surface area contributed by atoms with Gasteiger partial charge in [0.1, 0.15) is 11.6 Å². The third-order valence-corrected chi connectivity index (χ3v) is 3.98. The summed E-state index contributed by atoms with van der Waals surface area (Å²) < 4.78 is 8.15. The number of rotatable bonds is 2. The van der Waals surface area contributed by atoms with E-state index in [0.717, 1.165) is 25.3 Å². The lowest BCUT2D eigenvalue weighted by atomic mass is 10.0. The number of hydrogen-bond donors (Lipinski definition) is 0. The van der Waals surface area contributed by atoms with Gasteiger partial charge in [-0.05, 0) is 39.0 Å². The van der Waals surface area contributed by atoms with Gasteiger partial charge in [-0.2, -0.15) is 0 Å². The molecule has 2 aliphatic rings. The summed E-state index contributed by atoms with van der Waals surface area (Å²) in [5, 5.41) is 8.71. The van der Waals surface area contributed by atoms with E-state index < -0.39 is 0 Å². The van der Waals surface area contributed by atoms with Gasteiger partial charge in [-0.25, -0.2) is 0 Å². The number of fused-ring (bicyclic) bond motifs is 1. The third-order valence-electron chi connectivity index (χ3n) is 3.98. The Morgan fingerprint density at radius 2 is 2.18 bits per heavy atom. The van der Waals surface area contributed by atoms with Crippen LogP contribution in [0.25, 0.3) is 0 Å². The molecule has 4 nitrogen and oxygen atoms in total. The maximum absolute atomic E-state index is 5.80. The van der Waals surface area contributed by atoms with Gasteiger partial charge in [0, 0.05) is 25.5 Å². The summed E-state index contributed by atoms with van der Waals surface area (Å²) in [6.07, 6.45) is 8.58. The SMILES string of the molecule is CC1CCCc2nnc(CC3CCCCO3)n21. The van der Waals surface area contributed by atoms with E-state index in [1.165, 1.54) is 37.9 Å². The van der Waals surface area contributed by atoms with Crippen molar-refractivity contribution in [2.45, 2.75) is 64.0 Å². The molecule has 17 heavy (non-hydrogen) atoms. The molecule has 3 rings (SSSR count). The van der Waals surface area contributed by atoms with Crippen molar-refractivity contribution in [3.8, 4) is 0 Å². The quantitative estimate of drug-likeness (QED) is 0.789. The van der Waals surface area contributed by atoms with E-state index in [-0.39, 0.29) is 0 Å². The Hall–Kier alpha value is -0.900. The Labute approximate surface area is 102 Å². The first kappa shape index (κ1) is 11.2. The van der Waals surface area contributed by atoms with Crippen LogP contribution in [0.4, 0.5) is 0 Å². The summed E-state index contributed by atoms with van der Waals surface area (Å²) in [6.45, 7) is 3.19. The number of aryl methyl sites for hydroxylation is 1. The minimum absolute atomic E-state index is 0.367. The van der Waals surface area contributed by atoms with Gasteiger partial charge in [-0.15, -0.1) is 10.2 Å². The van der Waals surface area contributed by atoms with Crippen LogP contribution in [-0.4, -0.2) is 27.5 Å². The second kappa shape index (κ2) is 4.77. The fraction of sp³-hybridized carbons (Fsp3) is 0.846. The lowest BCUT2D eigenvalue weighted by molar-refractivity contribution is 0.0149. The number of nitrogens with zero attached hydrogens (tertiary/aromatic N) is 3. The van der Waals surface area contributed by atoms with Gasteiger partial charge in [0.2, 0.25) is 0 Å². The van der Waals surface area contributed by atoms with E-state index >= 15 is 0 Å². The third kappa shape index (κ3) is 2.23. The van der Waals surface area contributed by atoms with Crippen LogP contribution in [-0.2, 0) is 17.6 Å². The summed E-state index contributed by atoms with van der Waals surface area (Å²) in [6, 6.07) is 0.562. The van der Waals surface area contributed by atoms with Gasteiger partial charge in [-0.3, -0.25) is 0 Å². The number of hydrogen-bond acceptors (Lipinski definition) is 3. The van der Waals surface area contributed by atoms with Crippen LogP contribution in [0, 0.1) is 0 Å². The van der Waals surface area contributed by atoms with Crippen molar-refractivity contribution in [1.82, 2.24) is 14.8 Å². The van der Waals surface area contributed by atoms with E-state index in [0.29, 0.717) is 12.1 Å². The molecule has 0 aliphatic carbocycles. The van der Waals surface area contributed by atoms with Crippen LogP contribution in [0.2, 0.25) is 0 Å². The molecule has 0 N–H and O–H groups in total. The van der Waals surface area contributed by atoms with Crippen molar-refractivity contribution >= 4 is 0 Å². The summed E-state index contributed by atoms with van der Waals surface area (Å²) in [5.41, 5.74) is 0. The van der Waals surface area contributed by atoms with E-state index in [1.807, 2.05) is 0 Å². The average Bonchev–Trinajstić information content (AvgIpc) is 2.75. The topological polar surface area (TPSA) is 39.9 Å². The zero-order valence-electron chi connectivity index (χ0n) is 10.6. The highest BCUT2D eigenvalue weighted by Gasteiger charge is 2.24. The van der Waals surface area contributed by atoms with Crippen molar-refractivity contribution in [2.24, 2.45) is 0 Å². The molecule has 0 saturated carbocycles. The van der Waals surface area contributed by atoms with Crippen LogP contribution in [0.3, 0.4) is 0 Å². The second-order valence-corrected chi connectivity index (χ2v) is 5.34. The number of ether oxygens (including phenoxy) is 1. The monoisotopic (exact) mass is 235 g/mol. The fourth-order valence-electron chi connectivity index (χ4n) is 3.04. The first-order valence-electron chi connectivity index (χ1n) is 6.89. The minimum Gasteiger partial charge on any atom is -0.378 e.